The Balaban J connectivity index is 1.80. The molecule has 0 aromatic carbocycles. The van der Waals surface area contributed by atoms with Crippen LogP contribution < -0.4 is 11.1 Å². The van der Waals surface area contributed by atoms with E-state index in [2.05, 4.69) is 20.4 Å². The van der Waals surface area contributed by atoms with Crippen LogP contribution in [0.2, 0.25) is 0 Å². The highest BCUT2D eigenvalue weighted by atomic mass is 16.5. The molecule has 0 saturated heterocycles. The lowest BCUT2D eigenvalue weighted by atomic mass is 10.4. The van der Waals surface area contributed by atoms with Crippen molar-refractivity contribution in [3.05, 3.63) is 29.9 Å². The normalized spacial score (nSPS) is 10.6. The summed E-state index contributed by atoms with van der Waals surface area (Å²) in [7, 11) is 0. The topological polar surface area (TPSA) is 112 Å². The van der Waals surface area contributed by atoms with Crippen molar-refractivity contribution in [1.29, 1.82) is 0 Å². The second-order valence-corrected chi connectivity index (χ2v) is 4.03. The molecule has 0 saturated carbocycles. The van der Waals surface area contributed by atoms with Crippen molar-refractivity contribution in [1.82, 2.24) is 25.0 Å². The molecule has 0 atom stereocenters. The van der Waals surface area contributed by atoms with Crippen LogP contribution in [0, 0.1) is 6.92 Å². The van der Waals surface area contributed by atoms with Crippen LogP contribution in [0.3, 0.4) is 0 Å². The van der Waals surface area contributed by atoms with Crippen LogP contribution in [-0.4, -0.2) is 38.7 Å². The Morgan fingerprint density at radius 2 is 2.42 bits per heavy atom. The van der Waals surface area contributed by atoms with E-state index in [1.54, 1.807) is 24.0 Å². The Morgan fingerprint density at radius 3 is 3.11 bits per heavy atom. The van der Waals surface area contributed by atoms with Gasteiger partial charge in [-0.1, -0.05) is 5.16 Å². The molecule has 0 bridgehead atoms. The van der Waals surface area contributed by atoms with Gasteiger partial charge in [0.2, 0.25) is 5.89 Å². The SMILES string of the molecule is Cc1noc(CCNC(=O)c2cn(CCN)cn2)n1. The second kappa shape index (κ2) is 6.10. The number of aryl methyl sites for hydroxylation is 1. The van der Waals surface area contributed by atoms with Gasteiger partial charge in [-0.2, -0.15) is 4.98 Å². The third kappa shape index (κ3) is 3.62. The summed E-state index contributed by atoms with van der Waals surface area (Å²) in [6.45, 7) is 3.31. The lowest BCUT2D eigenvalue weighted by Crippen LogP contribution is -2.26. The van der Waals surface area contributed by atoms with Gasteiger partial charge in [-0.15, -0.1) is 0 Å². The summed E-state index contributed by atoms with van der Waals surface area (Å²) in [6.07, 6.45) is 3.75. The molecular formula is C11H16N6O2. The second-order valence-electron chi connectivity index (χ2n) is 4.03. The number of nitrogens with one attached hydrogen (secondary N) is 1. The zero-order valence-electron chi connectivity index (χ0n) is 10.7. The summed E-state index contributed by atoms with van der Waals surface area (Å²) >= 11 is 0. The highest BCUT2D eigenvalue weighted by molar-refractivity contribution is 5.91. The molecule has 3 N–H and O–H groups in total. The molecule has 1 amide bonds. The molecule has 102 valence electrons. The van der Waals surface area contributed by atoms with E-state index in [0.717, 1.165) is 0 Å². The first kappa shape index (κ1) is 13.2. The highest BCUT2D eigenvalue weighted by Gasteiger charge is 2.09. The first-order valence-corrected chi connectivity index (χ1v) is 5.98. The number of nitrogens with zero attached hydrogens (tertiary/aromatic N) is 4. The molecule has 0 unspecified atom stereocenters. The molecule has 0 aliphatic carbocycles. The molecule has 2 rings (SSSR count). The van der Waals surface area contributed by atoms with Gasteiger partial charge in [0.25, 0.3) is 5.91 Å². The predicted octanol–water partition coefficient (Wildman–Crippen LogP) is -0.494. The van der Waals surface area contributed by atoms with Crippen LogP contribution >= 0.6 is 0 Å². The van der Waals surface area contributed by atoms with Crippen molar-refractivity contribution in [3.63, 3.8) is 0 Å². The molecule has 0 aliphatic rings. The van der Waals surface area contributed by atoms with E-state index in [4.69, 9.17) is 10.3 Å². The lowest BCUT2D eigenvalue weighted by molar-refractivity contribution is 0.0949. The van der Waals surface area contributed by atoms with E-state index in [9.17, 15) is 4.79 Å². The number of carbonyl (C=O) groups is 1. The van der Waals surface area contributed by atoms with E-state index in [1.807, 2.05) is 0 Å². The van der Waals surface area contributed by atoms with E-state index in [1.165, 1.54) is 0 Å². The average molecular weight is 264 g/mol. The molecule has 2 aromatic heterocycles. The number of hydrogen-bond donors (Lipinski definition) is 2. The van der Waals surface area contributed by atoms with Crippen molar-refractivity contribution < 1.29 is 9.32 Å². The minimum atomic E-state index is -0.230. The molecule has 0 radical (unpaired) electrons. The van der Waals surface area contributed by atoms with Crippen molar-refractivity contribution in [2.75, 3.05) is 13.1 Å². The molecule has 0 fully saturated rings. The Labute approximate surface area is 110 Å². The number of nitrogens with two attached hydrogens (primary N) is 1. The van der Waals surface area contributed by atoms with E-state index < -0.39 is 0 Å². The zero-order chi connectivity index (χ0) is 13.7. The number of aromatic nitrogens is 4. The number of hydrogen-bond acceptors (Lipinski definition) is 6. The van der Waals surface area contributed by atoms with Gasteiger partial charge in [-0.25, -0.2) is 4.98 Å². The number of imidazole rings is 1. The van der Waals surface area contributed by atoms with Gasteiger partial charge in [0, 0.05) is 32.3 Å². The van der Waals surface area contributed by atoms with Crippen molar-refractivity contribution in [3.8, 4) is 0 Å². The molecule has 8 nitrogen and oxygen atoms in total. The van der Waals surface area contributed by atoms with Gasteiger partial charge < -0.3 is 20.1 Å². The third-order valence-electron chi connectivity index (χ3n) is 2.45. The quantitative estimate of drug-likeness (QED) is 0.727. The minimum Gasteiger partial charge on any atom is -0.350 e. The summed E-state index contributed by atoms with van der Waals surface area (Å²) in [5.74, 6) is 0.861. The number of amides is 1. The van der Waals surface area contributed by atoms with E-state index in [-0.39, 0.29) is 5.91 Å². The minimum absolute atomic E-state index is 0.230. The van der Waals surface area contributed by atoms with E-state index in [0.29, 0.717) is 43.5 Å². The summed E-state index contributed by atoms with van der Waals surface area (Å²) in [4.78, 5) is 19.8. The maximum atomic E-state index is 11.8. The Hall–Kier alpha value is -2.22. The van der Waals surface area contributed by atoms with Gasteiger partial charge in [0.05, 0.1) is 6.33 Å². The van der Waals surface area contributed by atoms with E-state index >= 15 is 0 Å². The fourth-order valence-electron chi connectivity index (χ4n) is 1.56. The maximum absolute atomic E-state index is 11.8. The number of carbonyl (C=O) groups excluding carboxylic acids is 1. The van der Waals surface area contributed by atoms with Gasteiger partial charge in [0.15, 0.2) is 5.82 Å². The Bertz CT molecular complexity index is 547. The van der Waals surface area contributed by atoms with Gasteiger partial charge >= 0.3 is 0 Å². The summed E-state index contributed by atoms with van der Waals surface area (Å²) in [6, 6.07) is 0. The van der Waals surface area contributed by atoms with Gasteiger partial charge in [-0.05, 0) is 6.92 Å². The first-order valence-electron chi connectivity index (χ1n) is 5.98. The van der Waals surface area contributed by atoms with Crippen molar-refractivity contribution in [2.45, 2.75) is 19.9 Å². The molecule has 0 spiro atoms. The highest BCUT2D eigenvalue weighted by Crippen LogP contribution is 1.98. The fraction of sp³-hybridized carbons (Fsp3) is 0.455. The Kier molecular flexibility index (Phi) is 4.24. The first-order chi connectivity index (χ1) is 9.19. The number of rotatable bonds is 6. The van der Waals surface area contributed by atoms with Crippen LogP contribution in [0.1, 0.15) is 22.2 Å². The van der Waals surface area contributed by atoms with Crippen LogP contribution in [0.5, 0.6) is 0 Å². The van der Waals surface area contributed by atoms with Crippen LogP contribution in [0.25, 0.3) is 0 Å². The third-order valence-corrected chi connectivity index (χ3v) is 2.45. The predicted molar refractivity (Wildman–Crippen MR) is 66.4 cm³/mol. The molecule has 19 heavy (non-hydrogen) atoms. The molecular weight excluding hydrogens is 248 g/mol. The van der Waals surface area contributed by atoms with Crippen molar-refractivity contribution >= 4 is 5.91 Å². The van der Waals surface area contributed by atoms with Crippen LogP contribution in [-0.2, 0) is 13.0 Å². The molecule has 2 heterocycles. The smallest absolute Gasteiger partial charge is 0.271 e. The monoisotopic (exact) mass is 264 g/mol. The summed E-state index contributed by atoms with van der Waals surface area (Å²) in [5, 5.41) is 6.41. The molecule has 0 aliphatic heterocycles. The lowest BCUT2D eigenvalue weighted by Gasteiger charge is -2.00. The average Bonchev–Trinajstić information content (AvgIpc) is 2.99. The maximum Gasteiger partial charge on any atom is 0.271 e. The van der Waals surface area contributed by atoms with Crippen molar-refractivity contribution in [2.24, 2.45) is 5.73 Å². The van der Waals surface area contributed by atoms with Crippen LogP contribution in [0.15, 0.2) is 17.0 Å². The summed E-state index contributed by atoms with van der Waals surface area (Å²) < 4.78 is 6.72. The van der Waals surface area contributed by atoms with Gasteiger partial charge in [0.1, 0.15) is 5.69 Å². The summed E-state index contributed by atoms with van der Waals surface area (Å²) in [5.41, 5.74) is 5.79. The van der Waals surface area contributed by atoms with Gasteiger partial charge in [-0.3, -0.25) is 4.79 Å². The standard InChI is InChI=1S/C11H16N6O2/c1-8-15-10(19-16-8)2-4-13-11(18)9-6-17(5-3-12)7-14-9/h6-7H,2-5,12H2,1H3,(H,13,18). The largest absolute Gasteiger partial charge is 0.350 e. The molecule has 8 heteroatoms. The van der Waals surface area contributed by atoms with Crippen LogP contribution in [0.4, 0.5) is 0 Å². The zero-order valence-corrected chi connectivity index (χ0v) is 10.7. The molecule has 2 aromatic rings. The Morgan fingerprint density at radius 1 is 1.58 bits per heavy atom. The fourth-order valence-corrected chi connectivity index (χ4v) is 1.56.